The lowest BCUT2D eigenvalue weighted by molar-refractivity contribution is -0.147. The number of nitrogens with two attached hydrogens (primary N) is 1. The first-order valence-electron chi connectivity index (χ1n) is 7.07. The van der Waals surface area contributed by atoms with Crippen LogP contribution in [0.5, 0.6) is 0 Å². The lowest BCUT2D eigenvalue weighted by Crippen LogP contribution is -2.65. The number of carbonyl (C=O) groups is 2. The smallest absolute Gasteiger partial charge is 0.244 e. The third kappa shape index (κ3) is 2.82. The number of primary amides is 1. The zero-order chi connectivity index (χ0) is 16.5. The fraction of sp³-hybridized carbons (Fsp3) is 0.467. The van der Waals surface area contributed by atoms with Crippen molar-refractivity contribution < 1.29 is 19.1 Å². The van der Waals surface area contributed by atoms with E-state index < -0.39 is 23.4 Å². The average molecular weight is 309 g/mol. The fourth-order valence-corrected chi connectivity index (χ4v) is 3.08. The second-order valence-electron chi connectivity index (χ2n) is 5.65. The van der Waals surface area contributed by atoms with E-state index in [2.05, 4.69) is 5.43 Å². The molecule has 1 fully saturated rings. The van der Waals surface area contributed by atoms with Gasteiger partial charge in [0.05, 0.1) is 6.10 Å². The molecule has 0 aliphatic carbocycles. The van der Waals surface area contributed by atoms with Crippen molar-refractivity contribution in [3.05, 3.63) is 35.1 Å². The molecule has 4 N–H and O–H groups in total. The topological polar surface area (TPSA) is 95.7 Å². The Balaban J connectivity index is 2.60. The highest BCUT2D eigenvalue weighted by Gasteiger charge is 2.49. The van der Waals surface area contributed by atoms with E-state index in [1.165, 1.54) is 30.1 Å². The number of piperidine rings is 1. The van der Waals surface area contributed by atoms with E-state index in [1.54, 1.807) is 6.92 Å². The summed E-state index contributed by atoms with van der Waals surface area (Å²) in [7, 11) is 0. The van der Waals surface area contributed by atoms with E-state index in [0.717, 1.165) is 0 Å². The summed E-state index contributed by atoms with van der Waals surface area (Å²) in [6.07, 6.45) is -0.299. The van der Waals surface area contributed by atoms with Gasteiger partial charge in [-0.3, -0.25) is 15.0 Å². The molecule has 120 valence electrons. The molecule has 7 heteroatoms. The van der Waals surface area contributed by atoms with Crippen LogP contribution in [-0.2, 0) is 15.1 Å². The fourth-order valence-electron chi connectivity index (χ4n) is 3.08. The predicted octanol–water partition coefficient (Wildman–Crippen LogP) is 0.323. The van der Waals surface area contributed by atoms with Gasteiger partial charge >= 0.3 is 0 Å². The van der Waals surface area contributed by atoms with Crippen LogP contribution < -0.4 is 11.2 Å². The van der Waals surface area contributed by atoms with E-state index in [4.69, 9.17) is 5.73 Å². The third-order valence-corrected chi connectivity index (χ3v) is 4.01. The van der Waals surface area contributed by atoms with Crippen molar-refractivity contribution in [1.82, 2.24) is 10.4 Å². The van der Waals surface area contributed by atoms with Gasteiger partial charge in [0, 0.05) is 19.9 Å². The molecule has 2 atom stereocenters. The van der Waals surface area contributed by atoms with Gasteiger partial charge in [-0.15, -0.1) is 0 Å². The minimum absolute atomic E-state index is 0.0368. The zero-order valence-electron chi connectivity index (χ0n) is 12.6. The number of amides is 2. The highest BCUT2D eigenvalue weighted by molar-refractivity contribution is 5.87. The number of benzene rings is 1. The second-order valence-corrected chi connectivity index (χ2v) is 5.65. The third-order valence-electron chi connectivity index (χ3n) is 4.01. The molecular formula is C15H20FN3O3. The van der Waals surface area contributed by atoms with Crippen LogP contribution >= 0.6 is 0 Å². The number of aliphatic hydroxyl groups excluding tert-OH is 1. The van der Waals surface area contributed by atoms with Crippen LogP contribution in [0.1, 0.15) is 30.9 Å². The van der Waals surface area contributed by atoms with Crippen molar-refractivity contribution in [3.63, 3.8) is 0 Å². The lowest BCUT2D eigenvalue weighted by atomic mass is 9.77. The SMILES string of the molecule is CC(=O)NN1CCC(O)CC1(C(N)=O)c1ccc(F)cc1C. The van der Waals surface area contributed by atoms with Gasteiger partial charge in [-0.1, -0.05) is 6.07 Å². The van der Waals surface area contributed by atoms with Gasteiger partial charge in [0.2, 0.25) is 11.8 Å². The number of nitrogens with one attached hydrogen (secondary N) is 1. The quantitative estimate of drug-likeness (QED) is 0.749. The summed E-state index contributed by atoms with van der Waals surface area (Å²) in [6, 6.07) is 4.01. The summed E-state index contributed by atoms with van der Waals surface area (Å²) in [6.45, 7) is 3.25. The molecule has 0 saturated carbocycles. The van der Waals surface area contributed by atoms with Gasteiger partial charge in [0.25, 0.3) is 0 Å². The normalized spacial score (nSPS) is 25.7. The first kappa shape index (κ1) is 16.4. The highest BCUT2D eigenvalue weighted by Crippen LogP contribution is 2.38. The average Bonchev–Trinajstić information content (AvgIpc) is 2.40. The Bertz CT molecular complexity index is 608. The van der Waals surface area contributed by atoms with Crippen LogP contribution in [0.15, 0.2) is 18.2 Å². The number of halogens is 1. The molecule has 0 spiro atoms. The second kappa shape index (κ2) is 6.02. The monoisotopic (exact) mass is 309 g/mol. The van der Waals surface area contributed by atoms with Gasteiger partial charge < -0.3 is 10.8 Å². The molecule has 1 aromatic rings. The maximum Gasteiger partial charge on any atom is 0.244 e. The Kier molecular flexibility index (Phi) is 4.48. The molecule has 2 rings (SSSR count). The van der Waals surface area contributed by atoms with Crippen LogP contribution in [0.25, 0.3) is 0 Å². The van der Waals surface area contributed by atoms with E-state index in [1.807, 2.05) is 0 Å². The summed E-state index contributed by atoms with van der Waals surface area (Å²) in [4.78, 5) is 23.7. The number of hydrogen-bond donors (Lipinski definition) is 3. The van der Waals surface area contributed by atoms with Crippen molar-refractivity contribution in [2.24, 2.45) is 5.73 Å². The Morgan fingerprint density at radius 3 is 2.73 bits per heavy atom. The number of aliphatic hydroxyl groups is 1. The maximum absolute atomic E-state index is 13.4. The summed E-state index contributed by atoms with van der Waals surface area (Å²) in [5.41, 5.74) is 7.85. The minimum Gasteiger partial charge on any atom is -0.393 e. The first-order valence-corrected chi connectivity index (χ1v) is 7.07. The predicted molar refractivity (Wildman–Crippen MR) is 77.8 cm³/mol. The molecule has 0 bridgehead atoms. The van der Waals surface area contributed by atoms with Crippen LogP contribution in [0.4, 0.5) is 4.39 Å². The van der Waals surface area contributed by atoms with Crippen molar-refractivity contribution in [3.8, 4) is 0 Å². The van der Waals surface area contributed by atoms with Crippen LogP contribution in [0, 0.1) is 12.7 Å². The van der Waals surface area contributed by atoms with E-state index in [-0.39, 0.29) is 18.9 Å². The van der Waals surface area contributed by atoms with E-state index in [9.17, 15) is 19.1 Å². The summed E-state index contributed by atoms with van der Waals surface area (Å²) in [5, 5.41) is 11.5. The minimum atomic E-state index is -1.40. The molecule has 1 saturated heterocycles. The summed E-state index contributed by atoms with van der Waals surface area (Å²) >= 11 is 0. The molecular weight excluding hydrogens is 289 g/mol. The van der Waals surface area contributed by atoms with Crippen LogP contribution in [-0.4, -0.2) is 34.6 Å². The number of carbonyl (C=O) groups excluding carboxylic acids is 2. The molecule has 0 radical (unpaired) electrons. The van der Waals surface area contributed by atoms with Gasteiger partial charge in [-0.05, 0) is 36.6 Å². The molecule has 1 aromatic carbocycles. The molecule has 1 aliphatic heterocycles. The van der Waals surface area contributed by atoms with E-state index in [0.29, 0.717) is 17.5 Å². The number of hydrogen-bond acceptors (Lipinski definition) is 4. The highest BCUT2D eigenvalue weighted by atomic mass is 19.1. The molecule has 22 heavy (non-hydrogen) atoms. The molecule has 1 aliphatic rings. The summed E-state index contributed by atoms with van der Waals surface area (Å²) in [5.74, 6) is -1.47. The lowest BCUT2D eigenvalue weighted by Gasteiger charge is -2.46. The maximum atomic E-state index is 13.4. The standard InChI is InChI=1S/C15H20FN3O3/c1-9-7-11(16)3-4-13(9)15(14(17)22)8-12(21)5-6-19(15)18-10(2)20/h3-4,7,12,21H,5-6,8H2,1-2H3,(H2,17,22)(H,18,20). The molecule has 6 nitrogen and oxygen atoms in total. The van der Waals surface area contributed by atoms with Crippen molar-refractivity contribution in [2.75, 3.05) is 6.54 Å². The van der Waals surface area contributed by atoms with Crippen LogP contribution in [0.2, 0.25) is 0 Å². The van der Waals surface area contributed by atoms with Crippen LogP contribution in [0.3, 0.4) is 0 Å². The van der Waals surface area contributed by atoms with Gasteiger partial charge in [-0.25, -0.2) is 9.40 Å². The van der Waals surface area contributed by atoms with E-state index >= 15 is 0 Å². The Morgan fingerprint density at radius 1 is 1.50 bits per heavy atom. The number of aryl methyl sites for hydroxylation is 1. The Labute approximate surface area is 128 Å². The van der Waals surface area contributed by atoms with Gasteiger partial charge in [-0.2, -0.15) is 0 Å². The van der Waals surface area contributed by atoms with Crippen molar-refractivity contribution >= 4 is 11.8 Å². The Hall–Kier alpha value is -1.99. The number of rotatable bonds is 3. The first-order chi connectivity index (χ1) is 10.3. The molecule has 1 heterocycles. The van der Waals surface area contributed by atoms with Gasteiger partial charge in [0.15, 0.2) is 0 Å². The Morgan fingerprint density at radius 2 is 2.18 bits per heavy atom. The molecule has 2 amide bonds. The molecule has 2 unspecified atom stereocenters. The summed E-state index contributed by atoms with van der Waals surface area (Å²) < 4.78 is 13.4. The van der Waals surface area contributed by atoms with Crippen molar-refractivity contribution in [1.29, 1.82) is 0 Å². The number of nitrogens with zero attached hydrogens (tertiary/aromatic N) is 1. The zero-order valence-corrected chi connectivity index (χ0v) is 12.6. The molecule has 0 aromatic heterocycles. The van der Waals surface area contributed by atoms with Gasteiger partial charge in [0.1, 0.15) is 11.4 Å². The number of hydrazine groups is 1. The largest absolute Gasteiger partial charge is 0.393 e. The van der Waals surface area contributed by atoms with Crippen molar-refractivity contribution in [2.45, 2.75) is 38.3 Å².